The fraction of sp³-hybridized carbons (Fsp3) is 0.320. The summed E-state index contributed by atoms with van der Waals surface area (Å²) in [4.78, 5) is 30.5. The normalized spacial score (nSPS) is 14.2. The maximum atomic E-state index is 13.2. The number of nitrogens with one attached hydrogen (secondary N) is 1. The predicted molar refractivity (Wildman–Crippen MR) is 131 cm³/mol. The molecule has 0 bridgehead atoms. The molecule has 0 saturated heterocycles. The number of hydrogen-bond donors (Lipinski definition) is 1. The van der Waals surface area contributed by atoms with Crippen LogP contribution in [0.2, 0.25) is 0 Å². The number of amides is 1. The van der Waals surface area contributed by atoms with E-state index in [9.17, 15) is 9.59 Å². The first-order valence-electron chi connectivity index (χ1n) is 11.1. The smallest absolute Gasteiger partial charge is 0.258 e. The molecule has 1 amide bonds. The number of aryl methyl sites for hydroxylation is 3. The second kappa shape index (κ2) is 8.51. The van der Waals surface area contributed by atoms with Crippen molar-refractivity contribution in [2.75, 3.05) is 5.32 Å². The van der Waals surface area contributed by atoms with Crippen LogP contribution in [0.15, 0.2) is 41.3 Å². The molecule has 1 aromatic carbocycles. The third-order valence-electron chi connectivity index (χ3n) is 6.40. The SMILES string of the molecule is Cc1cc2c(cn1)cc(-c1cc(C(=O)Nc3nnc(C4CCCC4)s3)ccc1C)c(=O)n2C. The summed E-state index contributed by atoms with van der Waals surface area (Å²) >= 11 is 1.45. The van der Waals surface area contributed by atoms with Crippen LogP contribution < -0.4 is 10.9 Å². The Balaban J connectivity index is 1.47. The van der Waals surface area contributed by atoms with Crippen molar-refractivity contribution in [2.24, 2.45) is 7.05 Å². The Hall–Kier alpha value is -3.39. The molecule has 0 aliphatic heterocycles. The molecular weight excluding hydrogens is 434 g/mol. The minimum Gasteiger partial charge on any atom is -0.311 e. The standard InChI is InChI=1S/C25H25N5O2S/c1-14-8-9-17(22(31)27-25-29-28-23(33-25)16-6-4-5-7-16)11-19(14)20-12-18-13-26-15(2)10-21(18)30(3)24(20)32/h8-13,16H,4-7H2,1-3H3,(H,27,29,31). The van der Waals surface area contributed by atoms with Gasteiger partial charge in [-0.2, -0.15) is 0 Å². The predicted octanol–water partition coefficient (Wildman–Crippen LogP) is 4.98. The summed E-state index contributed by atoms with van der Waals surface area (Å²) in [5.41, 5.74) is 4.24. The van der Waals surface area contributed by atoms with Crippen LogP contribution in [0.4, 0.5) is 5.13 Å². The van der Waals surface area contributed by atoms with E-state index in [1.165, 1.54) is 24.2 Å². The number of benzene rings is 1. The summed E-state index contributed by atoms with van der Waals surface area (Å²) < 4.78 is 1.64. The van der Waals surface area contributed by atoms with Crippen molar-refractivity contribution in [3.63, 3.8) is 0 Å². The molecule has 1 aliphatic carbocycles. The highest BCUT2D eigenvalue weighted by atomic mass is 32.1. The van der Waals surface area contributed by atoms with E-state index in [-0.39, 0.29) is 11.5 Å². The van der Waals surface area contributed by atoms with Crippen molar-refractivity contribution in [3.05, 3.63) is 68.7 Å². The number of aromatic nitrogens is 4. The molecule has 1 aliphatic rings. The van der Waals surface area contributed by atoms with E-state index in [0.29, 0.717) is 22.2 Å². The van der Waals surface area contributed by atoms with Crippen LogP contribution in [0.5, 0.6) is 0 Å². The number of fused-ring (bicyclic) bond motifs is 1. The van der Waals surface area contributed by atoms with Gasteiger partial charge in [-0.15, -0.1) is 10.2 Å². The van der Waals surface area contributed by atoms with Gasteiger partial charge in [0.2, 0.25) is 5.13 Å². The fourth-order valence-electron chi connectivity index (χ4n) is 4.50. The van der Waals surface area contributed by atoms with Gasteiger partial charge in [-0.3, -0.25) is 19.9 Å². The van der Waals surface area contributed by atoms with E-state index in [0.717, 1.165) is 45.6 Å². The van der Waals surface area contributed by atoms with E-state index in [1.807, 2.05) is 32.0 Å². The summed E-state index contributed by atoms with van der Waals surface area (Å²) in [5, 5.41) is 13.7. The van der Waals surface area contributed by atoms with E-state index in [1.54, 1.807) is 29.9 Å². The molecular formula is C25H25N5O2S. The number of pyridine rings is 2. The minimum atomic E-state index is -0.264. The highest BCUT2D eigenvalue weighted by Crippen LogP contribution is 2.36. The molecule has 3 heterocycles. The van der Waals surface area contributed by atoms with Crippen LogP contribution in [0.3, 0.4) is 0 Å². The average molecular weight is 460 g/mol. The number of anilines is 1. The lowest BCUT2D eigenvalue weighted by Gasteiger charge is -2.12. The zero-order valence-electron chi connectivity index (χ0n) is 18.9. The molecule has 0 unspecified atom stereocenters. The quantitative estimate of drug-likeness (QED) is 0.465. The van der Waals surface area contributed by atoms with Crippen LogP contribution in [-0.4, -0.2) is 25.7 Å². The fourth-order valence-corrected chi connectivity index (χ4v) is 5.41. The summed E-state index contributed by atoms with van der Waals surface area (Å²) in [6, 6.07) is 9.16. The van der Waals surface area contributed by atoms with Gasteiger partial charge >= 0.3 is 0 Å². The van der Waals surface area contributed by atoms with Gasteiger partial charge in [-0.25, -0.2) is 0 Å². The maximum absolute atomic E-state index is 13.2. The van der Waals surface area contributed by atoms with Crippen molar-refractivity contribution in [1.82, 2.24) is 19.7 Å². The molecule has 3 aromatic heterocycles. The molecule has 168 valence electrons. The third-order valence-corrected chi connectivity index (χ3v) is 7.40. The molecule has 5 rings (SSSR count). The van der Waals surface area contributed by atoms with Gasteiger partial charge in [0.25, 0.3) is 11.5 Å². The first-order valence-corrected chi connectivity index (χ1v) is 11.9. The van der Waals surface area contributed by atoms with Gasteiger partial charge in [0.1, 0.15) is 5.01 Å². The molecule has 8 heteroatoms. The number of hydrogen-bond acceptors (Lipinski definition) is 6. The lowest BCUT2D eigenvalue weighted by Crippen LogP contribution is -2.20. The Labute approximate surface area is 195 Å². The van der Waals surface area contributed by atoms with Crippen LogP contribution in [-0.2, 0) is 7.05 Å². The topological polar surface area (TPSA) is 89.8 Å². The lowest BCUT2D eigenvalue weighted by molar-refractivity contribution is 0.102. The van der Waals surface area contributed by atoms with Crippen molar-refractivity contribution < 1.29 is 4.79 Å². The number of carbonyl (C=O) groups excluding carboxylic acids is 1. The number of nitrogens with zero attached hydrogens (tertiary/aromatic N) is 4. The zero-order valence-corrected chi connectivity index (χ0v) is 19.7. The Morgan fingerprint density at radius 3 is 2.67 bits per heavy atom. The van der Waals surface area contributed by atoms with E-state index >= 15 is 0 Å². The molecule has 0 radical (unpaired) electrons. The second-order valence-corrected chi connectivity index (χ2v) is 9.73. The molecule has 1 N–H and O–H groups in total. The second-order valence-electron chi connectivity index (χ2n) is 8.72. The zero-order chi connectivity index (χ0) is 23.1. The molecule has 7 nitrogen and oxygen atoms in total. The molecule has 1 fully saturated rings. The van der Waals surface area contributed by atoms with Gasteiger partial charge in [-0.1, -0.05) is 30.2 Å². The van der Waals surface area contributed by atoms with E-state index < -0.39 is 0 Å². The van der Waals surface area contributed by atoms with Crippen molar-refractivity contribution in [3.8, 4) is 11.1 Å². The average Bonchev–Trinajstić information content (AvgIpc) is 3.49. The van der Waals surface area contributed by atoms with Gasteiger partial charge in [0, 0.05) is 41.4 Å². The Kier molecular flexibility index (Phi) is 5.54. The van der Waals surface area contributed by atoms with Crippen molar-refractivity contribution in [2.45, 2.75) is 45.4 Å². The van der Waals surface area contributed by atoms with Crippen molar-refractivity contribution in [1.29, 1.82) is 0 Å². The molecule has 33 heavy (non-hydrogen) atoms. The van der Waals surface area contributed by atoms with Gasteiger partial charge in [-0.05, 0) is 62.1 Å². The lowest BCUT2D eigenvalue weighted by atomic mass is 9.97. The van der Waals surface area contributed by atoms with Crippen LogP contribution in [0.25, 0.3) is 22.0 Å². The van der Waals surface area contributed by atoms with E-state index in [2.05, 4.69) is 20.5 Å². The number of rotatable bonds is 4. The Morgan fingerprint density at radius 1 is 1.09 bits per heavy atom. The number of carbonyl (C=O) groups is 1. The summed E-state index contributed by atoms with van der Waals surface area (Å²) in [5.74, 6) is 0.196. The third kappa shape index (κ3) is 4.06. The highest BCUT2D eigenvalue weighted by Gasteiger charge is 2.22. The maximum Gasteiger partial charge on any atom is 0.258 e. The molecule has 0 spiro atoms. The van der Waals surface area contributed by atoms with Gasteiger partial charge in [0.05, 0.1) is 5.52 Å². The van der Waals surface area contributed by atoms with E-state index in [4.69, 9.17) is 0 Å². The first-order chi connectivity index (χ1) is 15.9. The van der Waals surface area contributed by atoms with Gasteiger partial charge in [0.15, 0.2) is 0 Å². The van der Waals surface area contributed by atoms with Crippen molar-refractivity contribution >= 4 is 33.3 Å². The highest BCUT2D eigenvalue weighted by molar-refractivity contribution is 7.15. The van der Waals surface area contributed by atoms with Crippen LogP contribution in [0, 0.1) is 13.8 Å². The summed E-state index contributed by atoms with van der Waals surface area (Å²) in [6.45, 7) is 3.84. The Morgan fingerprint density at radius 2 is 1.88 bits per heavy atom. The van der Waals surface area contributed by atoms with Crippen LogP contribution in [0.1, 0.15) is 58.2 Å². The summed E-state index contributed by atoms with van der Waals surface area (Å²) in [6.07, 6.45) is 6.50. The molecule has 0 atom stereocenters. The monoisotopic (exact) mass is 459 g/mol. The molecule has 1 saturated carbocycles. The molecule has 4 aromatic rings. The minimum absolute atomic E-state index is 0.112. The largest absolute Gasteiger partial charge is 0.311 e. The summed E-state index contributed by atoms with van der Waals surface area (Å²) in [7, 11) is 1.76. The van der Waals surface area contributed by atoms with Gasteiger partial charge < -0.3 is 4.57 Å². The van der Waals surface area contributed by atoms with Crippen LogP contribution >= 0.6 is 11.3 Å². The Bertz CT molecular complexity index is 1430. The first kappa shape index (κ1) is 21.5.